The molecule has 2 heterocycles. The third kappa shape index (κ3) is 4.71. The summed E-state index contributed by atoms with van der Waals surface area (Å²) in [4.78, 5) is 19.4. The van der Waals surface area contributed by atoms with Gasteiger partial charge in [0.25, 0.3) is 0 Å². The maximum Gasteiger partial charge on any atom is 0.336 e. The van der Waals surface area contributed by atoms with Crippen LogP contribution in [0.1, 0.15) is 54.4 Å². The summed E-state index contributed by atoms with van der Waals surface area (Å²) in [5.74, 6) is 0.525. The normalized spacial score (nSPS) is 14.9. The Kier molecular flexibility index (Phi) is 6.94. The first-order valence-corrected chi connectivity index (χ1v) is 11.5. The number of benzene rings is 2. The molecule has 6 heteroatoms. The Morgan fingerprint density at radius 2 is 1.91 bits per heavy atom. The number of carboxylic acids is 1. The molecule has 1 aromatic heterocycles. The molecule has 0 fully saturated rings. The van der Waals surface area contributed by atoms with Gasteiger partial charge in [-0.25, -0.2) is 9.78 Å². The van der Waals surface area contributed by atoms with Gasteiger partial charge in [-0.3, -0.25) is 4.90 Å². The summed E-state index contributed by atoms with van der Waals surface area (Å²) >= 11 is 0. The summed E-state index contributed by atoms with van der Waals surface area (Å²) in [6.45, 7) is 9.37. The summed E-state index contributed by atoms with van der Waals surface area (Å²) in [6, 6.07) is 13.4. The van der Waals surface area contributed by atoms with E-state index in [0.717, 1.165) is 41.1 Å². The fourth-order valence-corrected chi connectivity index (χ4v) is 4.26. The molecule has 0 spiro atoms. The van der Waals surface area contributed by atoms with E-state index in [1.807, 2.05) is 49.4 Å². The van der Waals surface area contributed by atoms with E-state index < -0.39 is 5.97 Å². The third-order valence-corrected chi connectivity index (χ3v) is 5.80. The molecule has 33 heavy (non-hydrogen) atoms. The lowest BCUT2D eigenvalue weighted by Gasteiger charge is -2.30. The number of hydrogen-bond acceptors (Lipinski definition) is 5. The molecule has 172 valence electrons. The number of hydrogen-bond donors (Lipinski definition) is 1. The molecular formula is C27H30N2O4. The maximum absolute atomic E-state index is 12.3. The number of pyridine rings is 1. The van der Waals surface area contributed by atoms with Gasteiger partial charge in [0.15, 0.2) is 11.5 Å². The van der Waals surface area contributed by atoms with Gasteiger partial charge in [0.05, 0.1) is 30.0 Å². The average Bonchev–Trinajstić information content (AvgIpc) is 2.82. The molecule has 0 amide bonds. The summed E-state index contributed by atoms with van der Waals surface area (Å²) in [7, 11) is 0. The smallest absolute Gasteiger partial charge is 0.336 e. The number of carboxylic acid groups (broad SMARTS) is 1. The number of likely N-dealkylation sites (N-methyl/N-ethyl adjacent to an activating group) is 1. The number of fused-ring (bicyclic) bond motifs is 2. The highest BCUT2D eigenvalue weighted by Crippen LogP contribution is 2.35. The standard InChI is InChI=1S/C27H30N2O4/c1-4-13-33-23-12-11-18(15-24(23)32-6-3)14-19-16-29(5-2)17-21-25(27(30)31)20-9-7-8-10-22(20)28-26(19)21/h7-12,14-15H,4-6,13,16-17H2,1-3H3,(H,30,31). The SMILES string of the molecule is CCCOc1ccc(C=C2CN(CC)Cc3c2nc2ccccc2c3C(=O)O)cc1OCC. The van der Waals surface area contributed by atoms with Crippen molar-refractivity contribution >= 4 is 28.5 Å². The van der Waals surface area contributed by atoms with Crippen LogP contribution >= 0.6 is 0 Å². The lowest BCUT2D eigenvalue weighted by Crippen LogP contribution is -2.31. The van der Waals surface area contributed by atoms with Gasteiger partial charge in [-0.05, 0) is 55.3 Å². The predicted octanol–water partition coefficient (Wildman–Crippen LogP) is 5.50. The minimum atomic E-state index is -0.918. The van der Waals surface area contributed by atoms with Gasteiger partial charge in [-0.2, -0.15) is 0 Å². The number of aromatic nitrogens is 1. The van der Waals surface area contributed by atoms with Gasteiger partial charge in [-0.1, -0.05) is 38.1 Å². The van der Waals surface area contributed by atoms with Gasteiger partial charge >= 0.3 is 5.97 Å². The number of para-hydroxylation sites is 1. The van der Waals surface area contributed by atoms with Crippen molar-refractivity contribution in [3.63, 3.8) is 0 Å². The molecule has 6 nitrogen and oxygen atoms in total. The second kappa shape index (κ2) is 10.0. The molecule has 0 saturated heterocycles. The van der Waals surface area contributed by atoms with Crippen molar-refractivity contribution in [3.8, 4) is 11.5 Å². The Bertz CT molecular complexity index is 1200. The van der Waals surface area contributed by atoms with E-state index in [4.69, 9.17) is 14.5 Å². The number of ether oxygens (including phenoxy) is 2. The minimum absolute atomic E-state index is 0.345. The zero-order valence-electron chi connectivity index (χ0n) is 19.4. The molecule has 0 unspecified atom stereocenters. The van der Waals surface area contributed by atoms with Crippen molar-refractivity contribution in [3.05, 3.63) is 64.8 Å². The number of nitrogens with zero attached hydrogens (tertiary/aromatic N) is 2. The van der Waals surface area contributed by atoms with Crippen LogP contribution in [0.15, 0.2) is 42.5 Å². The quantitative estimate of drug-likeness (QED) is 0.493. The Morgan fingerprint density at radius 3 is 2.64 bits per heavy atom. The van der Waals surface area contributed by atoms with Crippen molar-refractivity contribution < 1.29 is 19.4 Å². The van der Waals surface area contributed by atoms with Crippen molar-refractivity contribution in [1.82, 2.24) is 9.88 Å². The van der Waals surface area contributed by atoms with Crippen LogP contribution < -0.4 is 9.47 Å². The summed E-state index contributed by atoms with van der Waals surface area (Å²) in [5, 5.41) is 10.8. The van der Waals surface area contributed by atoms with Crippen LogP contribution in [-0.2, 0) is 6.54 Å². The second-order valence-electron chi connectivity index (χ2n) is 8.10. The summed E-state index contributed by atoms with van der Waals surface area (Å²) < 4.78 is 11.7. The Balaban J connectivity index is 1.86. The Morgan fingerprint density at radius 1 is 1.09 bits per heavy atom. The molecule has 0 radical (unpaired) electrons. The molecule has 1 aliphatic heterocycles. The van der Waals surface area contributed by atoms with E-state index in [9.17, 15) is 9.90 Å². The van der Waals surface area contributed by atoms with Crippen LogP contribution in [0.25, 0.3) is 22.6 Å². The summed E-state index contributed by atoms with van der Waals surface area (Å²) in [6.07, 6.45) is 3.01. The fraction of sp³-hybridized carbons (Fsp3) is 0.333. The Hall–Kier alpha value is -3.38. The number of carbonyl (C=O) groups is 1. The van der Waals surface area contributed by atoms with Gasteiger partial charge < -0.3 is 14.6 Å². The maximum atomic E-state index is 12.3. The molecule has 0 aliphatic carbocycles. The second-order valence-corrected chi connectivity index (χ2v) is 8.10. The molecule has 0 atom stereocenters. The largest absolute Gasteiger partial charge is 0.490 e. The van der Waals surface area contributed by atoms with Crippen LogP contribution in [0, 0.1) is 0 Å². The molecule has 1 N–H and O–H groups in total. The topological polar surface area (TPSA) is 71.9 Å². The van der Waals surface area contributed by atoms with Crippen molar-refractivity contribution in [2.75, 3.05) is 26.3 Å². The van der Waals surface area contributed by atoms with Crippen LogP contribution in [0.5, 0.6) is 11.5 Å². The minimum Gasteiger partial charge on any atom is -0.490 e. The zero-order valence-corrected chi connectivity index (χ0v) is 19.4. The first-order valence-electron chi connectivity index (χ1n) is 11.5. The van der Waals surface area contributed by atoms with Crippen LogP contribution in [0.3, 0.4) is 0 Å². The van der Waals surface area contributed by atoms with Crippen molar-refractivity contribution in [2.24, 2.45) is 0 Å². The molecular weight excluding hydrogens is 416 g/mol. The molecule has 1 aliphatic rings. The zero-order chi connectivity index (χ0) is 23.4. The highest BCUT2D eigenvalue weighted by Gasteiger charge is 2.28. The molecule has 0 bridgehead atoms. The van der Waals surface area contributed by atoms with E-state index >= 15 is 0 Å². The average molecular weight is 447 g/mol. The predicted molar refractivity (Wildman–Crippen MR) is 131 cm³/mol. The van der Waals surface area contributed by atoms with Crippen molar-refractivity contribution in [2.45, 2.75) is 33.7 Å². The van der Waals surface area contributed by atoms with Gasteiger partial charge in [0.2, 0.25) is 0 Å². The summed E-state index contributed by atoms with van der Waals surface area (Å²) in [5.41, 5.74) is 4.54. The number of rotatable bonds is 8. The lowest BCUT2D eigenvalue weighted by atomic mass is 9.92. The molecule has 4 rings (SSSR count). The van der Waals surface area contributed by atoms with Gasteiger partial charge in [0, 0.05) is 24.0 Å². The van der Waals surface area contributed by atoms with E-state index in [0.29, 0.717) is 48.5 Å². The van der Waals surface area contributed by atoms with E-state index in [-0.39, 0.29) is 0 Å². The van der Waals surface area contributed by atoms with Crippen LogP contribution in [-0.4, -0.2) is 47.3 Å². The van der Waals surface area contributed by atoms with Crippen molar-refractivity contribution in [1.29, 1.82) is 0 Å². The van der Waals surface area contributed by atoms with E-state index in [1.165, 1.54) is 0 Å². The molecule has 3 aromatic rings. The third-order valence-electron chi connectivity index (χ3n) is 5.80. The fourth-order valence-electron chi connectivity index (χ4n) is 4.26. The highest BCUT2D eigenvalue weighted by atomic mass is 16.5. The van der Waals surface area contributed by atoms with Crippen LogP contribution in [0.2, 0.25) is 0 Å². The first kappa shape index (κ1) is 22.8. The van der Waals surface area contributed by atoms with Gasteiger partial charge in [0.1, 0.15) is 0 Å². The first-order chi connectivity index (χ1) is 16.0. The van der Waals surface area contributed by atoms with E-state index in [1.54, 1.807) is 0 Å². The van der Waals surface area contributed by atoms with E-state index in [2.05, 4.69) is 24.8 Å². The molecule has 2 aromatic carbocycles. The number of aromatic carboxylic acids is 1. The molecule has 0 saturated carbocycles. The van der Waals surface area contributed by atoms with Gasteiger partial charge in [-0.15, -0.1) is 0 Å². The highest BCUT2D eigenvalue weighted by molar-refractivity contribution is 6.06. The van der Waals surface area contributed by atoms with Crippen LogP contribution in [0.4, 0.5) is 0 Å². The lowest BCUT2D eigenvalue weighted by molar-refractivity contribution is 0.0696. The Labute approximate surface area is 194 Å². The monoisotopic (exact) mass is 446 g/mol.